The summed E-state index contributed by atoms with van der Waals surface area (Å²) in [6, 6.07) is 11.4. The summed E-state index contributed by atoms with van der Waals surface area (Å²) in [6.45, 7) is 1.88. The van der Waals surface area contributed by atoms with Crippen LogP contribution in [0.2, 0.25) is 0 Å². The second kappa shape index (κ2) is 5.23. The van der Waals surface area contributed by atoms with Crippen LogP contribution in [0.3, 0.4) is 0 Å². The minimum Gasteiger partial charge on any atom is -0.294 e. The number of rotatable bonds is 3. The van der Waals surface area contributed by atoms with Gasteiger partial charge in [0.1, 0.15) is 0 Å². The summed E-state index contributed by atoms with van der Waals surface area (Å²) in [5, 5.41) is 0. The molecule has 0 saturated heterocycles. The average molecular weight is 290 g/mol. The van der Waals surface area contributed by atoms with Gasteiger partial charge in [0.25, 0.3) is 0 Å². The van der Waals surface area contributed by atoms with Gasteiger partial charge in [0.05, 0.1) is 0 Å². The second-order valence-corrected chi connectivity index (χ2v) is 4.83. The van der Waals surface area contributed by atoms with Gasteiger partial charge in [-0.05, 0) is 36.8 Å². The maximum atomic E-state index is 12.0. The predicted octanol–water partition coefficient (Wildman–Crippen LogP) is 3.58. The SMILES string of the molecule is Cc1cc(C(=O)Cc2cccc(Br)c2)ccn1. The fourth-order valence-corrected chi connectivity index (χ4v) is 2.10. The number of ketones is 1. The van der Waals surface area contributed by atoms with Gasteiger partial charge in [-0.1, -0.05) is 28.1 Å². The third-order valence-electron chi connectivity index (χ3n) is 2.47. The van der Waals surface area contributed by atoms with E-state index in [9.17, 15) is 4.79 Å². The van der Waals surface area contributed by atoms with E-state index in [0.717, 1.165) is 21.3 Å². The molecule has 0 N–H and O–H groups in total. The molecule has 2 nitrogen and oxygen atoms in total. The zero-order chi connectivity index (χ0) is 12.3. The maximum Gasteiger partial charge on any atom is 0.167 e. The molecule has 2 rings (SSSR count). The van der Waals surface area contributed by atoms with Crippen LogP contribution in [0, 0.1) is 6.92 Å². The van der Waals surface area contributed by atoms with Crippen molar-refractivity contribution in [3.8, 4) is 0 Å². The molecule has 0 aliphatic rings. The first kappa shape index (κ1) is 12.0. The number of Topliss-reactive ketones (excluding diaryl/α,β-unsaturated/α-hetero) is 1. The highest BCUT2D eigenvalue weighted by atomic mass is 79.9. The van der Waals surface area contributed by atoms with E-state index < -0.39 is 0 Å². The van der Waals surface area contributed by atoms with Gasteiger partial charge >= 0.3 is 0 Å². The molecular weight excluding hydrogens is 278 g/mol. The molecule has 0 atom stereocenters. The van der Waals surface area contributed by atoms with Crippen LogP contribution >= 0.6 is 15.9 Å². The minimum absolute atomic E-state index is 0.119. The van der Waals surface area contributed by atoms with Crippen molar-refractivity contribution < 1.29 is 4.79 Å². The second-order valence-electron chi connectivity index (χ2n) is 3.92. The Morgan fingerprint density at radius 1 is 1.29 bits per heavy atom. The van der Waals surface area contributed by atoms with Gasteiger partial charge in [0, 0.05) is 28.3 Å². The fourth-order valence-electron chi connectivity index (χ4n) is 1.65. The molecule has 17 heavy (non-hydrogen) atoms. The molecule has 0 saturated carbocycles. The highest BCUT2D eigenvalue weighted by Crippen LogP contribution is 2.14. The van der Waals surface area contributed by atoms with Crippen molar-refractivity contribution in [2.75, 3.05) is 0 Å². The van der Waals surface area contributed by atoms with E-state index in [1.165, 1.54) is 0 Å². The lowest BCUT2D eigenvalue weighted by atomic mass is 10.0. The average Bonchev–Trinajstić information content (AvgIpc) is 2.29. The normalized spacial score (nSPS) is 10.2. The Morgan fingerprint density at radius 2 is 2.12 bits per heavy atom. The molecule has 0 aliphatic heterocycles. The Balaban J connectivity index is 2.17. The predicted molar refractivity (Wildman–Crippen MR) is 71.2 cm³/mol. The van der Waals surface area contributed by atoms with Gasteiger partial charge in [0.2, 0.25) is 0 Å². The molecule has 0 fully saturated rings. The van der Waals surface area contributed by atoms with E-state index in [0.29, 0.717) is 6.42 Å². The minimum atomic E-state index is 0.119. The van der Waals surface area contributed by atoms with E-state index in [2.05, 4.69) is 20.9 Å². The molecule has 0 bridgehead atoms. The Morgan fingerprint density at radius 3 is 2.82 bits per heavy atom. The number of nitrogens with zero attached hydrogens (tertiary/aromatic N) is 1. The third kappa shape index (κ3) is 3.24. The lowest BCUT2D eigenvalue weighted by molar-refractivity contribution is 0.0993. The largest absolute Gasteiger partial charge is 0.294 e. The van der Waals surface area contributed by atoms with Gasteiger partial charge in [-0.2, -0.15) is 0 Å². The van der Waals surface area contributed by atoms with Crippen molar-refractivity contribution in [3.05, 3.63) is 63.9 Å². The third-order valence-corrected chi connectivity index (χ3v) is 2.97. The Labute approximate surface area is 109 Å². The topological polar surface area (TPSA) is 30.0 Å². The summed E-state index contributed by atoms with van der Waals surface area (Å²) in [6.07, 6.45) is 2.09. The molecule has 2 aromatic rings. The molecule has 0 unspecified atom stereocenters. The number of carbonyl (C=O) groups is 1. The molecule has 1 heterocycles. The number of benzene rings is 1. The van der Waals surface area contributed by atoms with Crippen LogP contribution in [0.4, 0.5) is 0 Å². The number of carbonyl (C=O) groups excluding carboxylic acids is 1. The fraction of sp³-hybridized carbons (Fsp3) is 0.143. The number of pyridine rings is 1. The first-order chi connectivity index (χ1) is 8.15. The van der Waals surface area contributed by atoms with Crippen LogP contribution in [0.15, 0.2) is 47.1 Å². The summed E-state index contributed by atoms with van der Waals surface area (Å²) < 4.78 is 0.994. The van der Waals surface area contributed by atoms with Crippen LogP contribution in [0.25, 0.3) is 0 Å². The van der Waals surface area contributed by atoms with Crippen molar-refractivity contribution >= 4 is 21.7 Å². The standard InChI is InChI=1S/C14H12BrNO/c1-10-7-12(5-6-16-10)14(17)9-11-3-2-4-13(15)8-11/h2-8H,9H2,1H3. The summed E-state index contributed by atoms with van der Waals surface area (Å²) in [5.74, 6) is 0.119. The Bertz CT molecular complexity index is 551. The summed E-state index contributed by atoms with van der Waals surface area (Å²) in [7, 11) is 0. The highest BCUT2D eigenvalue weighted by Gasteiger charge is 2.07. The quantitative estimate of drug-likeness (QED) is 0.809. The smallest absolute Gasteiger partial charge is 0.167 e. The zero-order valence-electron chi connectivity index (χ0n) is 9.48. The first-order valence-electron chi connectivity index (χ1n) is 5.35. The molecule has 1 aromatic heterocycles. The number of aromatic nitrogens is 1. The monoisotopic (exact) mass is 289 g/mol. The molecule has 3 heteroatoms. The van der Waals surface area contributed by atoms with Crippen LogP contribution in [0.1, 0.15) is 21.6 Å². The molecule has 1 aromatic carbocycles. The lowest BCUT2D eigenvalue weighted by Gasteiger charge is -2.02. The van der Waals surface area contributed by atoms with Crippen molar-refractivity contribution in [1.82, 2.24) is 4.98 Å². The number of hydrogen-bond acceptors (Lipinski definition) is 2. The molecular formula is C14H12BrNO. The Kier molecular flexibility index (Phi) is 3.69. The molecule has 0 aliphatic carbocycles. The molecule has 86 valence electrons. The molecule has 0 radical (unpaired) electrons. The van der Waals surface area contributed by atoms with Crippen molar-refractivity contribution in [2.45, 2.75) is 13.3 Å². The van der Waals surface area contributed by atoms with Gasteiger partial charge < -0.3 is 0 Å². The Hall–Kier alpha value is -1.48. The van der Waals surface area contributed by atoms with Crippen LogP contribution in [-0.4, -0.2) is 10.8 Å². The number of halogens is 1. The molecule has 0 amide bonds. The van der Waals surface area contributed by atoms with Crippen LogP contribution < -0.4 is 0 Å². The van der Waals surface area contributed by atoms with Crippen molar-refractivity contribution in [3.63, 3.8) is 0 Å². The van der Waals surface area contributed by atoms with Crippen molar-refractivity contribution in [2.24, 2.45) is 0 Å². The summed E-state index contributed by atoms with van der Waals surface area (Å²) >= 11 is 3.40. The van der Waals surface area contributed by atoms with E-state index in [4.69, 9.17) is 0 Å². The van der Waals surface area contributed by atoms with Crippen LogP contribution in [0.5, 0.6) is 0 Å². The van der Waals surface area contributed by atoms with Gasteiger partial charge in [-0.25, -0.2) is 0 Å². The molecule has 0 spiro atoms. The van der Waals surface area contributed by atoms with E-state index in [1.807, 2.05) is 37.3 Å². The van der Waals surface area contributed by atoms with Gasteiger partial charge in [0.15, 0.2) is 5.78 Å². The number of aryl methyl sites for hydroxylation is 1. The first-order valence-corrected chi connectivity index (χ1v) is 6.15. The van der Waals surface area contributed by atoms with Crippen LogP contribution in [-0.2, 0) is 6.42 Å². The lowest BCUT2D eigenvalue weighted by Crippen LogP contribution is -2.04. The van der Waals surface area contributed by atoms with Gasteiger partial charge in [-0.3, -0.25) is 9.78 Å². The zero-order valence-corrected chi connectivity index (χ0v) is 11.1. The summed E-state index contributed by atoms with van der Waals surface area (Å²) in [5.41, 5.74) is 2.60. The van der Waals surface area contributed by atoms with E-state index >= 15 is 0 Å². The van der Waals surface area contributed by atoms with E-state index in [1.54, 1.807) is 12.3 Å². The van der Waals surface area contributed by atoms with Crippen molar-refractivity contribution in [1.29, 1.82) is 0 Å². The highest BCUT2D eigenvalue weighted by molar-refractivity contribution is 9.10. The van der Waals surface area contributed by atoms with E-state index in [-0.39, 0.29) is 5.78 Å². The summed E-state index contributed by atoms with van der Waals surface area (Å²) in [4.78, 5) is 16.1. The maximum absolute atomic E-state index is 12.0. The van der Waals surface area contributed by atoms with Gasteiger partial charge in [-0.15, -0.1) is 0 Å². The number of hydrogen-bond donors (Lipinski definition) is 0.